The van der Waals surface area contributed by atoms with Crippen molar-refractivity contribution >= 4 is 17.6 Å². The van der Waals surface area contributed by atoms with Crippen LogP contribution in [0.25, 0.3) is 0 Å². The predicted octanol–water partition coefficient (Wildman–Crippen LogP) is 1.21. The number of hydrogen-bond acceptors (Lipinski definition) is 5. The van der Waals surface area contributed by atoms with Gasteiger partial charge in [-0.1, -0.05) is 24.6 Å². The van der Waals surface area contributed by atoms with Crippen molar-refractivity contribution in [1.82, 2.24) is 20.2 Å². The summed E-state index contributed by atoms with van der Waals surface area (Å²) >= 11 is 1.57. The summed E-state index contributed by atoms with van der Waals surface area (Å²) in [5.41, 5.74) is 5.30. The molecule has 1 heterocycles. The van der Waals surface area contributed by atoms with Gasteiger partial charge in [0.1, 0.15) is 0 Å². The molecule has 3 N–H and O–H groups in total. The summed E-state index contributed by atoms with van der Waals surface area (Å²) in [5, 5.41) is 19.8. The maximum atomic E-state index is 7.15. The number of hydrogen-bond donors (Lipinski definition) is 2. The van der Waals surface area contributed by atoms with Crippen molar-refractivity contribution in [2.75, 3.05) is 5.75 Å². The summed E-state index contributed by atoms with van der Waals surface area (Å²) in [6.07, 6.45) is 5.46. The molecule has 6 nitrogen and oxygen atoms in total. The Kier molecular flexibility index (Phi) is 3.76. The lowest BCUT2D eigenvalue weighted by Crippen LogP contribution is -2.11. The van der Waals surface area contributed by atoms with Crippen LogP contribution >= 0.6 is 11.8 Å². The number of nitrogens with zero attached hydrogens (tertiary/aromatic N) is 4. The van der Waals surface area contributed by atoms with Crippen LogP contribution in [0.15, 0.2) is 5.16 Å². The first-order valence-electron chi connectivity index (χ1n) is 5.51. The highest BCUT2D eigenvalue weighted by Crippen LogP contribution is 2.31. The Morgan fingerprint density at radius 1 is 1.50 bits per heavy atom. The number of amidine groups is 1. The van der Waals surface area contributed by atoms with Crippen molar-refractivity contribution in [3.8, 4) is 0 Å². The highest BCUT2D eigenvalue weighted by molar-refractivity contribution is 7.99. The molecule has 0 unspecified atom stereocenters. The zero-order chi connectivity index (χ0) is 11.4. The lowest BCUT2D eigenvalue weighted by molar-refractivity contribution is 0.423. The van der Waals surface area contributed by atoms with Gasteiger partial charge in [-0.15, -0.1) is 5.10 Å². The molecule has 1 aliphatic carbocycles. The first kappa shape index (κ1) is 11.4. The van der Waals surface area contributed by atoms with Crippen LogP contribution in [-0.4, -0.2) is 31.8 Å². The van der Waals surface area contributed by atoms with Crippen LogP contribution < -0.4 is 5.73 Å². The van der Waals surface area contributed by atoms with Crippen molar-refractivity contribution in [2.45, 2.75) is 43.3 Å². The molecule has 0 spiro atoms. The molecule has 0 saturated heterocycles. The van der Waals surface area contributed by atoms with Gasteiger partial charge in [0.25, 0.3) is 0 Å². The molecule has 1 aromatic rings. The number of rotatable bonds is 5. The summed E-state index contributed by atoms with van der Waals surface area (Å²) in [6.45, 7) is 0. The fourth-order valence-electron chi connectivity index (χ4n) is 1.91. The number of aromatic nitrogens is 4. The highest BCUT2D eigenvalue weighted by Gasteiger charge is 2.21. The van der Waals surface area contributed by atoms with Gasteiger partial charge in [0, 0.05) is 12.2 Å². The molecule has 2 rings (SSSR count). The fraction of sp³-hybridized carbons (Fsp3) is 0.778. The largest absolute Gasteiger partial charge is 0.388 e. The van der Waals surface area contributed by atoms with E-state index in [1.807, 2.05) is 4.68 Å². The minimum atomic E-state index is 0.215. The molecule has 1 aromatic heterocycles. The molecule has 7 heteroatoms. The molecule has 0 radical (unpaired) electrons. The molecule has 0 amide bonds. The topological polar surface area (TPSA) is 93.5 Å². The first-order chi connectivity index (χ1) is 7.77. The van der Waals surface area contributed by atoms with Crippen molar-refractivity contribution < 1.29 is 0 Å². The van der Waals surface area contributed by atoms with Crippen LogP contribution in [0, 0.1) is 5.41 Å². The van der Waals surface area contributed by atoms with Gasteiger partial charge in [0.05, 0.1) is 11.9 Å². The van der Waals surface area contributed by atoms with Gasteiger partial charge in [0.15, 0.2) is 0 Å². The number of nitrogens with one attached hydrogen (secondary N) is 1. The van der Waals surface area contributed by atoms with Crippen LogP contribution in [0.2, 0.25) is 0 Å². The molecule has 1 fully saturated rings. The van der Waals surface area contributed by atoms with E-state index in [-0.39, 0.29) is 5.84 Å². The molecule has 1 saturated carbocycles. The Bertz CT molecular complexity index is 357. The highest BCUT2D eigenvalue weighted by atomic mass is 32.2. The van der Waals surface area contributed by atoms with Crippen LogP contribution in [0.5, 0.6) is 0 Å². The third kappa shape index (κ3) is 2.72. The summed E-state index contributed by atoms with van der Waals surface area (Å²) < 4.78 is 1.93. The summed E-state index contributed by atoms with van der Waals surface area (Å²) in [6, 6.07) is 0.467. The van der Waals surface area contributed by atoms with E-state index in [0.29, 0.717) is 12.5 Å². The van der Waals surface area contributed by atoms with Crippen molar-refractivity contribution in [2.24, 2.45) is 5.73 Å². The lowest BCUT2D eigenvalue weighted by atomic mass is 10.3. The van der Waals surface area contributed by atoms with Crippen molar-refractivity contribution in [3.63, 3.8) is 0 Å². The van der Waals surface area contributed by atoms with Gasteiger partial charge in [0.2, 0.25) is 5.16 Å². The van der Waals surface area contributed by atoms with E-state index < -0.39 is 0 Å². The molecule has 16 heavy (non-hydrogen) atoms. The van der Waals surface area contributed by atoms with E-state index >= 15 is 0 Å². The summed E-state index contributed by atoms with van der Waals surface area (Å²) in [5.74, 6) is 0.981. The van der Waals surface area contributed by atoms with E-state index in [9.17, 15) is 0 Å². The smallest absolute Gasteiger partial charge is 0.209 e. The average molecular weight is 240 g/mol. The van der Waals surface area contributed by atoms with Crippen molar-refractivity contribution in [1.29, 1.82) is 5.41 Å². The lowest BCUT2D eigenvalue weighted by Gasteiger charge is -2.10. The van der Waals surface area contributed by atoms with Crippen LogP contribution in [0.3, 0.4) is 0 Å². The second kappa shape index (κ2) is 5.29. The zero-order valence-electron chi connectivity index (χ0n) is 9.09. The van der Waals surface area contributed by atoms with E-state index in [1.165, 1.54) is 25.7 Å². The SMILES string of the molecule is N=C(N)CCSc1nnnn1C1CCCC1. The average Bonchev–Trinajstić information content (AvgIpc) is 2.84. The Labute approximate surface area is 98.5 Å². The van der Waals surface area contributed by atoms with Gasteiger partial charge >= 0.3 is 0 Å². The fourth-order valence-corrected chi connectivity index (χ4v) is 2.83. The Balaban J connectivity index is 1.93. The molecular weight excluding hydrogens is 224 g/mol. The Morgan fingerprint density at radius 2 is 2.25 bits per heavy atom. The van der Waals surface area contributed by atoms with Gasteiger partial charge < -0.3 is 5.73 Å². The third-order valence-electron chi connectivity index (χ3n) is 2.74. The van der Waals surface area contributed by atoms with E-state index in [2.05, 4.69) is 15.5 Å². The van der Waals surface area contributed by atoms with E-state index in [4.69, 9.17) is 11.1 Å². The number of tetrazole rings is 1. The molecule has 88 valence electrons. The Morgan fingerprint density at radius 3 is 2.94 bits per heavy atom. The summed E-state index contributed by atoms with van der Waals surface area (Å²) in [4.78, 5) is 0. The standard InChI is InChI=1S/C9H16N6S/c10-8(11)5-6-16-9-12-13-14-15(9)7-3-1-2-4-7/h7H,1-6H2,(H3,10,11). The normalized spacial score (nSPS) is 16.8. The third-order valence-corrected chi connectivity index (χ3v) is 3.67. The van der Waals surface area contributed by atoms with Crippen LogP contribution in [-0.2, 0) is 0 Å². The molecule has 0 aliphatic heterocycles. The number of nitrogens with two attached hydrogens (primary N) is 1. The molecule has 1 aliphatic rings. The second-order valence-electron chi connectivity index (χ2n) is 3.97. The van der Waals surface area contributed by atoms with Gasteiger partial charge in [-0.2, -0.15) is 0 Å². The number of thioether (sulfide) groups is 1. The van der Waals surface area contributed by atoms with E-state index in [0.717, 1.165) is 10.9 Å². The first-order valence-corrected chi connectivity index (χ1v) is 6.49. The second-order valence-corrected chi connectivity index (χ2v) is 5.03. The summed E-state index contributed by atoms with van der Waals surface area (Å²) in [7, 11) is 0. The quantitative estimate of drug-likeness (QED) is 0.458. The molecule has 0 atom stereocenters. The predicted molar refractivity (Wildman–Crippen MR) is 62.6 cm³/mol. The van der Waals surface area contributed by atoms with Crippen LogP contribution in [0.4, 0.5) is 0 Å². The molecule has 0 bridgehead atoms. The zero-order valence-corrected chi connectivity index (χ0v) is 9.91. The van der Waals surface area contributed by atoms with Gasteiger partial charge in [-0.3, -0.25) is 5.41 Å². The van der Waals surface area contributed by atoms with Crippen molar-refractivity contribution in [3.05, 3.63) is 0 Å². The Hall–Kier alpha value is -1.11. The monoisotopic (exact) mass is 240 g/mol. The minimum Gasteiger partial charge on any atom is -0.388 e. The molecule has 0 aromatic carbocycles. The van der Waals surface area contributed by atoms with E-state index in [1.54, 1.807) is 11.8 Å². The van der Waals surface area contributed by atoms with Crippen LogP contribution in [0.1, 0.15) is 38.1 Å². The maximum Gasteiger partial charge on any atom is 0.209 e. The van der Waals surface area contributed by atoms with Gasteiger partial charge in [-0.25, -0.2) is 4.68 Å². The minimum absolute atomic E-state index is 0.215. The maximum absolute atomic E-state index is 7.15. The molecular formula is C9H16N6S. The van der Waals surface area contributed by atoms with Gasteiger partial charge in [-0.05, 0) is 23.3 Å².